The van der Waals surface area contributed by atoms with E-state index in [1.807, 2.05) is 7.05 Å². The van der Waals surface area contributed by atoms with Gasteiger partial charge < -0.3 is 16.4 Å². The zero-order valence-corrected chi connectivity index (χ0v) is 10.3. The van der Waals surface area contributed by atoms with Crippen molar-refractivity contribution >= 4 is 11.7 Å². The van der Waals surface area contributed by atoms with Gasteiger partial charge in [-0.05, 0) is 32.9 Å². The molecule has 0 radical (unpaired) electrons. The van der Waals surface area contributed by atoms with E-state index in [0.717, 1.165) is 31.7 Å². The number of nitrogens with two attached hydrogens (primary N) is 1. The van der Waals surface area contributed by atoms with Gasteiger partial charge in [0.1, 0.15) is 11.4 Å². The van der Waals surface area contributed by atoms with Crippen molar-refractivity contribution in [2.75, 3.05) is 18.4 Å². The minimum Gasteiger partial charge on any atom is -0.367 e. The zero-order chi connectivity index (χ0) is 12.4. The van der Waals surface area contributed by atoms with Crippen LogP contribution in [0.4, 0.5) is 5.82 Å². The molecule has 2 rings (SSSR count). The number of aromatic nitrogens is 2. The van der Waals surface area contributed by atoms with E-state index in [0.29, 0.717) is 17.3 Å². The predicted octanol–water partition coefficient (Wildman–Crippen LogP) is -0.00868. The van der Waals surface area contributed by atoms with Crippen molar-refractivity contribution in [3.05, 3.63) is 11.3 Å². The number of nitrogens with one attached hydrogen (secondary N) is 2. The van der Waals surface area contributed by atoms with Crippen LogP contribution in [0.15, 0.2) is 0 Å². The van der Waals surface area contributed by atoms with Crippen LogP contribution in [0.2, 0.25) is 0 Å². The fourth-order valence-corrected chi connectivity index (χ4v) is 2.28. The highest BCUT2D eigenvalue weighted by atomic mass is 16.1. The number of rotatable bonds is 3. The molecule has 1 fully saturated rings. The first-order valence-corrected chi connectivity index (χ1v) is 5.90. The highest BCUT2D eigenvalue weighted by Crippen LogP contribution is 2.20. The summed E-state index contributed by atoms with van der Waals surface area (Å²) in [6, 6.07) is 0.379. The Kier molecular flexibility index (Phi) is 3.33. The summed E-state index contributed by atoms with van der Waals surface area (Å²) in [5.41, 5.74) is 6.57. The number of hydrogen-bond acceptors (Lipinski definition) is 4. The Balaban J connectivity index is 2.21. The first-order chi connectivity index (χ1) is 8.09. The second-order valence-electron chi connectivity index (χ2n) is 4.47. The molecular weight excluding hydrogens is 218 g/mol. The van der Waals surface area contributed by atoms with Crippen LogP contribution in [0.5, 0.6) is 0 Å². The fourth-order valence-electron chi connectivity index (χ4n) is 2.28. The number of anilines is 1. The van der Waals surface area contributed by atoms with Crippen molar-refractivity contribution in [2.24, 2.45) is 12.8 Å². The van der Waals surface area contributed by atoms with Crippen molar-refractivity contribution in [3.63, 3.8) is 0 Å². The predicted molar refractivity (Wildman–Crippen MR) is 66.0 cm³/mol. The Morgan fingerprint density at radius 2 is 2.18 bits per heavy atom. The number of carbonyl (C=O) groups excluding carboxylic acids is 1. The van der Waals surface area contributed by atoms with Gasteiger partial charge in [-0.1, -0.05) is 0 Å². The highest BCUT2D eigenvalue weighted by molar-refractivity contribution is 5.98. The van der Waals surface area contributed by atoms with Crippen LogP contribution >= 0.6 is 0 Å². The zero-order valence-electron chi connectivity index (χ0n) is 10.3. The van der Waals surface area contributed by atoms with Gasteiger partial charge in [0.2, 0.25) is 0 Å². The van der Waals surface area contributed by atoms with Gasteiger partial charge in [-0.2, -0.15) is 5.10 Å². The molecule has 0 unspecified atom stereocenters. The Morgan fingerprint density at radius 3 is 2.76 bits per heavy atom. The molecule has 1 aromatic rings. The number of aryl methyl sites for hydroxylation is 2. The summed E-state index contributed by atoms with van der Waals surface area (Å²) >= 11 is 0. The van der Waals surface area contributed by atoms with Crippen LogP contribution < -0.4 is 16.4 Å². The van der Waals surface area contributed by atoms with Crippen LogP contribution in [-0.2, 0) is 7.05 Å². The lowest BCUT2D eigenvalue weighted by molar-refractivity contribution is 0.100. The molecule has 17 heavy (non-hydrogen) atoms. The lowest BCUT2D eigenvalue weighted by atomic mass is 10.1. The van der Waals surface area contributed by atoms with Gasteiger partial charge in [-0.15, -0.1) is 0 Å². The van der Waals surface area contributed by atoms with Crippen molar-refractivity contribution in [2.45, 2.75) is 25.8 Å². The van der Waals surface area contributed by atoms with E-state index in [4.69, 9.17) is 5.73 Å². The molecule has 0 atom stereocenters. The third-order valence-electron chi connectivity index (χ3n) is 3.15. The minimum absolute atomic E-state index is 0.379. The standard InChI is InChI=1S/C11H19N5O/c1-7-9(10(12)17)11(16(2)15-7)14-8-3-5-13-6-4-8/h8,13-14H,3-6H2,1-2H3,(H2,12,17). The van der Waals surface area contributed by atoms with Crippen molar-refractivity contribution in [1.82, 2.24) is 15.1 Å². The number of nitrogens with zero attached hydrogens (tertiary/aromatic N) is 2. The summed E-state index contributed by atoms with van der Waals surface area (Å²) in [5, 5.41) is 10.9. The smallest absolute Gasteiger partial charge is 0.254 e. The summed E-state index contributed by atoms with van der Waals surface area (Å²) < 4.78 is 1.69. The summed E-state index contributed by atoms with van der Waals surface area (Å²) in [4.78, 5) is 11.4. The molecule has 6 nitrogen and oxygen atoms in total. The van der Waals surface area contributed by atoms with Crippen LogP contribution in [0.1, 0.15) is 28.9 Å². The third kappa shape index (κ3) is 2.41. The molecule has 1 saturated heterocycles. The van der Waals surface area contributed by atoms with E-state index in [-0.39, 0.29) is 0 Å². The molecule has 4 N–H and O–H groups in total. The number of piperidine rings is 1. The van der Waals surface area contributed by atoms with Crippen molar-refractivity contribution < 1.29 is 4.79 Å². The van der Waals surface area contributed by atoms with Crippen LogP contribution in [0.3, 0.4) is 0 Å². The monoisotopic (exact) mass is 237 g/mol. The minimum atomic E-state index is -0.424. The van der Waals surface area contributed by atoms with E-state index in [2.05, 4.69) is 15.7 Å². The quantitative estimate of drug-likeness (QED) is 0.690. The molecule has 0 spiro atoms. The Bertz CT molecular complexity index is 420. The fraction of sp³-hybridized carbons (Fsp3) is 0.636. The molecule has 1 aliphatic rings. The largest absolute Gasteiger partial charge is 0.367 e. The summed E-state index contributed by atoms with van der Waals surface area (Å²) in [6.07, 6.45) is 2.09. The summed E-state index contributed by atoms with van der Waals surface area (Å²) in [6.45, 7) is 3.80. The third-order valence-corrected chi connectivity index (χ3v) is 3.15. The van der Waals surface area contributed by atoms with Gasteiger partial charge in [-0.3, -0.25) is 9.48 Å². The average molecular weight is 237 g/mol. The molecule has 0 saturated carbocycles. The average Bonchev–Trinajstić information content (AvgIpc) is 2.55. The van der Waals surface area contributed by atoms with E-state index in [1.165, 1.54) is 0 Å². The SMILES string of the molecule is Cc1nn(C)c(NC2CCNCC2)c1C(N)=O. The van der Waals surface area contributed by atoms with Crippen LogP contribution in [-0.4, -0.2) is 34.8 Å². The molecule has 6 heteroatoms. The number of hydrogen-bond donors (Lipinski definition) is 3. The maximum atomic E-state index is 11.4. The first kappa shape index (κ1) is 11.9. The second kappa shape index (κ2) is 4.75. The molecule has 1 amide bonds. The molecule has 0 aromatic carbocycles. The topological polar surface area (TPSA) is 85.0 Å². The van der Waals surface area contributed by atoms with Crippen molar-refractivity contribution in [3.8, 4) is 0 Å². The number of carbonyl (C=O) groups is 1. The van der Waals surface area contributed by atoms with Gasteiger partial charge in [0.05, 0.1) is 5.69 Å². The second-order valence-corrected chi connectivity index (χ2v) is 4.47. The Labute approximate surface area is 101 Å². The molecule has 1 aliphatic heterocycles. The first-order valence-electron chi connectivity index (χ1n) is 5.90. The van der Waals surface area contributed by atoms with Gasteiger partial charge in [0, 0.05) is 13.1 Å². The maximum Gasteiger partial charge on any atom is 0.254 e. The van der Waals surface area contributed by atoms with Crippen LogP contribution in [0, 0.1) is 6.92 Å². The molecule has 0 bridgehead atoms. The Morgan fingerprint density at radius 1 is 1.53 bits per heavy atom. The van der Waals surface area contributed by atoms with Gasteiger partial charge >= 0.3 is 0 Å². The summed E-state index contributed by atoms with van der Waals surface area (Å²) in [7, 11) is 1.82. The lowest BCUT2D eigenvalue weighted by Crippen LogP contribution is -2.36. The van der Waals surface area contributed by atoms with Gasteiger partial charge in [0.15, 0.2) is 0 Å². The molecular formula is C11H19N5O. The lowest BCUT2D eigenvalue weighted by Gasteiger charge is -2.24. The van der Waals surface area contributed by atoms with Gasteiger partial charge in [-0.25, -0.2) is 0 Å². The highest BCUT2D eigenvalue weighted by Gasteiger charge is 2.21. The maximum absolute atomic E-state index is 11.4. The van der Waals surface area contributed by atoms with Crippen molar-refractivity contribution in [1.29, 1.82) is 0 Å². The van der Waals surface area contributed by atoms with E-state index in [9.17, 15) is 4.79 Å². The van der Waals surface area contributed by atoms with Crippen LogP contribution in [0.25, 0.3) is 0 Å². The van der Waals surface area contributed by atoms with E-state index >= 15 is 0 Å². The summed E-state index contributed by atoms with van der Waals surface area (Å²) in [5.74, 6) is 0.314. The molecule has 2 heterocycles. The number of amides is 1. The molecule has 1 aromatic heterocycles. The molecule has 0 aliphatic carbocycles. The normalized spacial score (nSPS) is 17.1. The van der Waals surface area contributed by atoms with E-state index in [1.54, 1.807) is 11.6 Å². The van der Waals surface area contributed by atoms with E-state index < -0.39 is 5.91 Å². The Hall–Kier alpha value is -1.56. The number of primary amides is 1. The van der Waals surface area contributed by atoms with Gasteiger partial charge in [0.25, 0.3) is 5.91 Å². The molecule has 94 valence electrons.